The topological polar surface area (TPSA) is 9.23 Å². The highest BCUT2D eigenvalue weighted by atomic mass is 19.1. The number of hydrogen-bond acceptors (Lipinski definition) is 1. The van der Waals surface area contributed by atoms with Gasteiger partial charge in [-0.1, -0.05) is 42.0 Å². The minimum absolute atomic E-state index is 0.00209. The summed E-state index contributed by atoms with van der Waals surface area (Å²) in [5.74, 6) is -0.440. The second-order valence-corrected chi connectivity index (χ2v) is 5.41. The van der Waals surface area contributed by atoms with E-state index < -0.39 is 11.6 Å². The lowest BCUT2D eigenvalue weighted by Crippen LogP contribution is -1.92. The average Bonchev–Trinajstić information content (AvgIpc) is 2.56. The van der Waals surface area contributed by atoms with Gasteiger partial charge < -0.3 is 4.74 Å². The van der Waals surface area contributed by atoms with Crippen LogP contribution < -0.4 is 4.74 Å². The molecule has 3 heteroatoms. The molecule has 1 nitrogen and oxygen atoms in total. The van der Waals surface area contributed by atoms with Gasteiger partial charge in [-0.25, -0.2) is 8.78 Å². The Labute approximate surface area is 134 Å². The average molecular weight is 310 g/mol. The van der Waals surface area contributed by atoms with Crippen molar-refractivity contribution in [1.29, 1.82) is 0 Å². The highest BCUT2D eigenvalue weighted by Gasteiger charge is 2.14. The first-order valence-corrected chi connectivity index (χ1v) is 7.29. The molecule has 3 aromatic rings. The van der Waals surface area contributed by atoms with Crippen molar-refractivity contribution in [3.8, 4) is 28.0 Å². The van der Waals surface area contributed by atoms with E-state index in [1.807, 2.05) is 19.1 Å². The molecule has 0 unspecified atom stereocenters. The predicted molar refractivity (Wildman–Crippen MR) is 88.5 cm³/mol. The first kappa shape index (κ1) is 15.2. The molecule has 116 valence electrons. The van der Waals surface area contributed by atoms with Crippen LogP contribution in [0.3, 0.4) is 0 Å². The van der Waals surface area contributed by atoms with Gasteiger partial charge in [-0.3, -0.25) is 0 Å². The van der Waals surface area contributed by atoms with Crippen LogP contribution in [0.4, 0.5) is 8.78 Å². The van der Waals surface area contributed by atoms with E-state index >= 15 is 0 Å². The maximum absolute atomic E-state index is 14.5. The minimum Gasteiger partial charge on any atom is -0.497 e. The van der Waals surface area contributed by atoms with Crippen LogP contribution in [0.5, 0.6) is 5.75 Å². The summed E-state index contributed by atoms with van der Waals surface area (Å²) in [6.07, 6.45) is 0. The fourth-order valence-electron chi connectivity index (χ4n) is 2.52. The molecule has 23 heavy (non-hydrogen) atoms. The molecule has 0 aliphatic carbocycles. The molecule has 0 fully saturated rings. The fourth-order valence-corrected chi connectivity index (χ4v) is 2.52. The number of ether oxygens (including phenoxy) is 1. The van der Waals surface area contributed by atoms with Crippen molar-refractivity contribution in [2.75, 3.05) is 7.11 Å². The zero-order chi connectivity index (χ0) is 16.4. The molecule has 0 heterocycles. The normalized spacial score (nSPS) is 10.6. The lowest BCUT2D eigenvalue weighted by atomic mass is 9.98. The summed E-state index contributed by atoms with van der Waals surface area (Å²) in [5.41, 5.74) is 2.82. The summed E-state index contributed by atoms with van der Waals surface area (Å²) in [6, 6.07) is 16.9. The van der Waals surface area contributed by atoms with Crippen LogP contribution in [0.25, 0.3) is 22.3 Å². The van der Waals surface area contributed by atoms with Crippen molar-refractivity contribution in [3.05, 3.63) is 77.9 Å². The lowest BCUT2D eigenvalue weighted by molar-refractivity contribution is 0.415. The van der Waals surface area contributed by atoms with Gasteiger partial charge in [0.1, 0.15) is 17.4 Å². The molecule has 0 spiro atoms. The number of rotatable bonds is 3. The van der Waals surface area contributed by atoms with Crippen molar-refractivity contribution >= 4 is 0 Å². The van der Waals surface area contributed by atoms with Crippen LogP contribution >= 0.6 is 0 Å². The largest absolute Gasteiger partial charge is 0.497 e. The van der Waals surface area contributed by atoms with Gasteiger partial charge in [0.05, 0.1) is 12.7 Å². The molecular weight excluding hydrogens is 294 g/mol. The van der Waals surface area contributed by atoms with Gasteiger partial charge in [0, 0.05) is 0 Å². The number of halogens is 2. The maximum atomic E-state index is 14.5. The Morgan fingerprint density at radius 1 is 0.696 bits per heavy atom. The standard InChI is InChI=1S/C20H16F2O/c1-13-3-5-15(6-4-13)20-18(21)11-16(12-19(20)22)14-7-9-17(23-2)10-8-14/h3-12H,1-2H3. The first-order valence-electron chi connectivity index (χ1n) is 7.29. The van der Waals surface area contributed by atoms with Gasteiger partial charge in [0.25, 0.3) is 0 Å². The quantitative estimate of drug-likeness (QED) is 0.610. The molecule has 0 saturated carbocycles. The van der Waals surface area contributed by atoms with Gasteiger partial charge in [-0.15, -0.1) is 0 Å². The molecule has 0 aliphatic rings. The van der Waals surface area contributed by atoms with E-state index in [1.54, 1.807) is 43.5 Å². The SMILES string of the molecule is COc1ccc(-c2cc(F)c(-c3ccc(C)cc3)c(F)c2)cc1. The van der Waals surface area contributed by atoms with Crippen molar-refractivity contribution < 1.29 is 13.5 Å². The van der Waals surface area contributed by atoms with Crippen LogP contribution in [-0.2, 0) is 0 Å². The van der Waals surface area contributed by atoms with E-state index in [0.29, 0.717) is 16.9 Å². The van der Waals surface area contributed by atoms with E-state index in [-0.39, 0.29) is 5.56 Å². The maximum Gasteiger partial charge on any atom is 0.134 e. The van der Waals surface area contributed by atoms with Gasteiger partial charge in [-0.2, -0.15) is 0 Å². The van der Waals surface area contributed by atoms with Gasteiger partial charge >= 0.3 is 0 Å². The Kier molecular flexibility index (Phi) is 4.11. The molecule has 0 radical (unpaired) electrons. The molecule has 3 rings (SSSR count). The van der Waals surface area contributed by atoms with Crippen molar-refractivity contribution in [2.45, 2.75) is 6.92 Å². The number of hydrogen-bond donors (Lipinski definition) is 0. The zero-order valence-electron chi connectivity index (χ0n) is 12.9. The van der Waals surface area contributed by atoms with Crippen LogP contribution in [0.2, 0.25) is 0 Å². The van der Waals surface area contributed by atoms with Gasteiger partial charge in [-0.05, 0) is 47.9 Å². The highest BCUT2D eigenvalue weighted by Crippen LogP contribution is 2.31. The first-order chi connectivity index (χ1) is 11.1. The van der Waals surface area contributed by atoms with Crippen LogP contribution in [0, 0.1) is 18.6 Å². The number of methoxy groups -OCH3 is 1. The highest BCUT2D eigenvalue weighted by molar-refractivity contribution is 5.72. The zero-order valence-corrected chi connectivity index (χ0v) is 12.9. The fraction of sp³-hybridized carbons (Fsp3) is 0.100. The van der Waals surface area contributed by atoms with Crippen LogP contribution in [0.15, 0.2) is 60.7 Å². The van der Waals surface area contributed by atoms with E-state index in [9.17, 15) is 8.78 Å². The van der Waals surface area contributed by atoms with E-state index in [1.165, 1.54) is 12.1 Å². The number of aryl methyl sites for hydroxylation is 1. The Morgan fingerprint density at radius 2 is 1.22 bits per heavy atom. The van der Waals surface area contributed by atoms with E-state index in [0.717, 1.165) is 11.1 Å². The summed E-state index contributed by atoms with van der Waals surface area (Å²) >= 11 is 0. The lowest BCUT2D eigenvalue weighted by Gasteiger charge is -2.10. The minimum atomic E-state index is -0.570. The van der Waals surface area contributed by atoms with E-state index in [2.05, 4.69) is 0 Å². The summed E-state index contributed by atoms with van der Waals surface area (Å²) < 4.78 is 34.0. The molecule has 0 aromatic heterocycles. The Balaban J connectivity index is 2.04. The van der Waals surface area contributed by atoms with Crippen LogP contribution in [-0.4, -0.2) is 7.11 Å². The third kappa shape index (κ3) is 3.09. The van der Waals surface area contributed by atoms with Crippen molar-refractivity contribution in [2.24, 2.45) is 0 Å². The Bertz CT molecular complexity index is 798. The molecule has 3 aromatic carbocycles. The third-order valence-corrected chi connectivity index (χ3v) is 3.81. The summed E-state index contributed by atoms with van der Waals surface area (Å²) in [5, 5.41) is 0. The molecule has 0 amide bonds. The summed E-state index contributed by atoms with van der Waals surface area (Å²) in [4.78, 5) is 0. The third-order valence-electron chi connectivity index (χ3n) is 3.81. The molecule has 0 aliphatic heterocycles. The second-order valence-electron chi connectivity index (χ2n) is 5.41. The Hall–Kier alpha value is -2.68. The second kappa shape index (κ2) is 6.21. The summed E-state index contributed by atoms with van der Waals surface area (Å²) in [6.45, 7) is 1.93. The van der Waals surface area contributed by atoms with Crippen LogP contribution in [0.1, 0.15) is 5.56 Å². The summed E-state index contributed by atoms with van der Waals surface area (Å²) in [7, 11) is 1.57. The van der Waals surface area contributed by atoms with E-state index in [4.69, 9.17) is 4.74 Å². The number of benzene rings is 3. The van der Waals surface area contributed by atoms with Crippen molar-refractivity contribution in [1.82, 2.24) is 0 Å². The van der Waals surface area contributed by atoms with Gasteiger partial charge in [0.2, 0.25) is 0 Å². The molecular formula is C20H16F2O. The molecule has 0 saturated heterocycles. The molecule has 0 N–H and O–H groups in total. The molecule has 0 bridgehead atoms. The Morgan fingerprint density at radius 3 is 1.74 bits per heavy atom. The van der Waals surface area contributed by atoms with Crippen molar-refractivity contribution in [3.63, 3.8) is 0 Å². The molecule has 0 atom stereocenters. The predicted octanol–water partition coefficient (Wildman–Crippen LogP) is 5.62. The monoisotopic (exact) mass is 310 g/mol. The smallest absolute Gasteiger partial charge is 0.134 e. The van der Waals surface area contributed by atoms with Gasteiger partial charge in [0.15, 0.2) is 0 Å².